The molecule has 1 heterocycles. The molecule has 0 radical (unpaired) electrons. The van der Waals surface area contributed by atoms with E-state index in [1.165, 1.54) is 22.6 Å². The summed E-state index contributed by atoms with van der Waals surface area (Å²) in [5.74, 6) is 0.358. The van der Waals surface area contributed by atoms with Gasteiger partial charge in [0, 0.05) is 9.92 Å². The fraction of sp³-hybridized carbons (Fsp3) is 0.0909. The molecular weight excluding hydrogens is 315 g/mol. The average Bonchev–Trinajstić information content (AvgIpc) is 2.37. The van der Waals surface area contributed by atoms with Crippen LogP contribution >= 0.6 is 46.6 Å². The maximum absolute atomic E-state index is 11.7. The van der Waals surface area contributed by atoms with E-state index >= 15 is 0 Å². The zero-order valence-corrected chi connectivity index (χ0v) is 12.0. The molecule has 1 aromatic heterocycles. The van der Waals surface area contributed by atoms with Gasteiger partial charge in [-0.1, -0.05) is 34.8 Å². The van der Waals surface area contributed by atoms with Crippen LogP contribution in [-0.2, 0) is 5.88 Å². The quantitative estimate of drug-likeness (QED) is 0.803. The first-order valence-electron chi connectivity index (χ1n) is 4.87. The van der Waals surface area contributed by atoms with Crippen molar-refractivity contribution >= 4 is 46.6 Å². The first-order chi connectivity index (χ1) is 8.58. The molecule has 2 rings (SSSR count). The van der Waals surface area contributed by atoms with Crippen LogP contribution in [0.15, 0.2) is 40.2 Å². The van der Waals surface area contributed by atoms with Crippen LogP contribution in [0.2, 0.25) is 15.1 Å². The molecule has 0 saturated heterocycles. The molecule has 2 aromatic rings. The van der Waals surface area contributed by atoms with Gasteiger partial charge in [-0.3, -0.25) is 4.79 Å². The number of nitrogens with zero attached hydrogens (tertiary/aromatic N) is 2. The number of rotatable bonds is 3. The summed E-state index contributed by atoms with van der Waals surface area (Å²) < 4.78 is 1.26. The predicted molar refractivity (Wildman–Crippen MR) is 75.8 cm³/mol. The predicted octanol–water partition coefficient (Wildman–Crippen LogP) is 3.95. The van der Waals surface area contributed by atoms with Crippen molar-refractivity contribution in [2.24, 2.45) is 0 Å². The van der Waals surface area contributed by atoms with E-state index in [0.717, 1.165) is 4.90 Å². The smallest absolute Gasteiger partial charge is 0.266 e. The van der Waals surface area contributed by atoms with E-state index in [4.69, 9.17) is 34.8 Å². The third-order valence-electron chi connectivity index (χ3n) is 2.11. The largest absolute Gasteiger partial charge is 0.287 e. The van der Waals surface area contributed by atoms with Crippen LogP contribution in [-0.4, -0.2) is 9.78 Å². The van der Waals surface area contributed by atoms with Gasteiger partial charge in [-0.15, -0.1) is 11.8 Å². The van der Waals surface area contributed by atoms with Crippen molar-refractivity contribution in [3.63, 3.8) is 0 Å². The second kappa shape index (κ2) is 5.97. The second-order valence-electron chi connectivity index (χ2n) is 3.34. The molecule has 7 heteroatoms. The highest BCUT2D eigenvalue weighted by Crippen LogP contribution is 2.22. The van der Waals surface area contributed by atoms with Crippen LogP contribution in [0.25, 0.3) is 0 Å². The summed E-state index contributed by atoms with van der Waals surface area (Å²) in [4.78, 5) is 12.7. The number of benzene rings is 1. The Morgan fingerprint density at radius 3 is 2.50 bits per heavy atom. The number of halogens is 3. The zero-order valence-electron chi connectivity index (χ0n) is 8.94. The van der Waals surface area contributed by atoms with Gasteiger partial charge in [0.1, 0.15) is 5.02 Å². The molecule has 0 spiro atoms. The monoisotopic (exact) mass is 320 g/mol. The molecule has 0 amide bonds. The molecule has 1 aromatic carbocycles. The molecule has 0 aliphatic heterocycles. The van der Waals surface area contributed by atoms with Gasteiger partial charge in [0.15, 0.2) is 0 Å². The number of thioether (sulfide) groups is 1. The SMILES string of the molecule is O=c1c(Cl)c(Cl)cnn1CSc1ccc(Cl)cc1. The minimum atomic E-state index is -0.398. The van der Waals surface area contributed by atoms with Gasteiger partial charge in [0.2, 0.25) is 0 Å². The zero-order chi connectivity index (χ0) is 13.1. The maximum Gasteiger partial charge on any atom is 0.287 e. The summed E-state index contributed by atoms with van der Waals surface area (Å²) in [6.07, 6.45) is 1.35. The minimum Gasteiger partial charge on any atom is -0.266 e. The second-order valence-corrected chi connectivity index (χ2v) is 5.58. The highest BCUT2D eigenvalue weighted by molar-refractivity contribution is 7.98. The highest BCUT2D eigenvalue weighted by atomic mass is 35.5. The van der Waals surface area contributed by atoms with E-state index in [1.54, 1.807) is 12.1 Å². The van der Waals surface area contributed by atoms with E-state index in [1.807, 2.05) is 12.1 Å². The van der Waals surface area contributed by atoms with E-state index < -0.39 is 5.56 Å². The summed E-state index contributed by atoms with van der Waals surface area (Å²) in [6.45, 7) is 0. The van der Waals surface area contributed by atoms with Crippen LogP contribution in [0, 0.1) is 0 Å². The first kappa shape index (κ1) is 13.7. The molecule has 0 saturated carbocycles. The van der Waals surface area contributed by atoms with Crippen molar-refractivity contribution in [3.05, 3.63) is 55.9 Å². The molecule has 0 aliphatic rings. The van der Waals surface area contributed by atoms with Gasteiger partial charge in [-0.05, 0) is 24.3 Å². The fourth-order valence-corrected chi connectivity index (χ4v) is 2.38. The van der Waals surface area contributed by atoms with Crippen molar-refractivity contribution in [3.8, 4) is 0 Å². The molecule has 0 unspecified atom stereocenters. The lowest BCUT2D eigenvalue weighted by molar-refractivity contribution is 0.693. The van der Waals surface area contributed by atoms with Gasteiger partial charge in [0.25, 0.3) is 5.56 Å². The van der Waals surface area contributed by atoms with Crippen LogP contribution in [0.4, 0.5) is 0 Å². The molecule has 0 atom stereocenters. The molecule has 0 aliphatic carbocycles. The van der Waals surface area contributed by atoms with Crippen molar-refractivity contribution in [1.29, 1.82) is 0 Å². The summed E-state index contributed by atoms with van der Waals surface area (Å²) in [7, 11) is 0. The van der Waals surface area contributed by atoms with Gasteiger partial charge in [-0.2, -0.15) is 5.10 Å². The van der Waals surface area contributed by atoms with Gasteiger partial charge in [-0.25, -0.2) is 4.68 Å². The van der Waals surface area contributed by atoms with Crippen molar-refractivity contribution in [1.82, 2.24) is 9.78 Å². The Morgan fingerprint density at radius 1 is 1.17 bits per heavy atom. The standard InChI is InChI=1S/C11H7Cl3N2OS/c12-7-1-3-8(4-2-7)18-6-16-11(17)10(14)9(13)5-15-16/h1-5H,6H2. The van der Waals surface area contributed by atoms with Crippen molar-refractivity contribution in [2.75, 3.05) is 0 Å². The number of hydrogen-bond donors (Lipinski definition) is 0. The van der Waals surface area contributed by atoms with E-state index in [2.05, 4.69) is 5.10 Å². The van der Waals surface area contributed by atoms with Crippen molar-refractivity contribution < 1.29 is 0 Å². The third kappa shape index (κ3) is 3.20. The Morgan fingerprint density at radius 2 is 1.83 bits per heavy atom. The van der Waals surface area contributed by atoms with Crippen LogP contribution < -0.4 is 5.56 Å². The summed E-state index contributed by atoms with van der Waals surface area (Å²) in [5, 5.41) is 4.73. The molecule has 3 nitrogen and oxygen atoms in total. The Bertz CT molecular complexity index is 613. The molecular formula is C11H7Cl3N2OS. The molecule has 18 heavy (non-hydrogen) atoms. The van der Waals surface area contributed by atoms with Crippen molar-refractivity contribution in [2.45, 2.75) is 10.8 Å². The molecule has 0 fully saturated rings. The lowest BCUT2D eigenvalue weighted by atomic mass is 10.4. The topological polar surface area (TPSA) is 34.9 Å². The lowest BCUT2D eigenvalue weighted by Crippen LogP contribution is -2.22. The van der Waals surface area contributed by atoms with E-state index in [-0.39, 0.29) is 10.0 Å². The van der Waals surface area contributed by atoms with Gasteiger partial charge >= 0.3 is 0 Å². The summed E-state index contributed by atoms with van der Waals surface area (Å²) in [6, 6.07) is 7.31. The first-order valence-corrected chi connectivity index (χ1v) is 6.99. The van der Waals surface area contributed by atoms with E-state index in [9.17, 15) is 4.79 Å². The summed E-state index contributed by atoms with van der Waals surface area (Å²) in [5.41, 5.74) is -0.398. The van der Waals surface area contributed by atoms with E-state index in [0.29, 0.717) is 10.9 Å². The van der Waals surface area contributed by atoms with Gasteiger partial charge < -0.3 is 0 Å². The Labute approximate surface area is 123 Å². The molecule has 0 bridgehead atoms. The Balaban J connectivity index is 2.14. The normalized spacial score (nSPS) is 10.6. The molecule has 0 N–H and O–H groups in total. The highest BCUT2D eigenvalue weighted by Gasteiger charge is 2.07. The summed E-state index contributed by atoms with van der Waals surface area (Å²) >= 11 is 18.7. The Hall–Kier alpha value is -0.680. The van der Waals surface area contributed by atoms with Crippen LogP contribution in [0.1, 0.15) is 0 Å². The minimum absolute atomic E-state index is 0.0108. The Kier molecular flexibility index (Phi) is 4.56. The number of hydrogen-bond acceptors (Lipinski definition) is 3. The average molecular weight is 322 g/mol. The maximum atomic E-state index is 11.7. The fourth-order valence-electron chi connectivity index (χ4n) is 1.20. The number of aromatic nitrogens is 2. The van der Waals surface area contributed by atoms with Crippen LogP contribution in [0.3, 0.4) is 0 Å². The molecule has 94 valence electrons. The lowest BCUT2D eigenvalue weighted by Gasteiger charge is -2.05. The van der Waals surface area contributed by atoms with Crippen LogP contribution in [0.5, 0.6) is 0 Å². The third-order valence-corrected chi connectivity index (χ3v) is 4.09. The van der Waals surface area contributed by atoms with Gasteiger partial charge in [0.05, 0.1) is 17.1 Å².